The maximum Gasteiger partial charge on any atom is 4.00 e. The molecule has 170 valence electrons. The second kappa shape index (κ2) is 12.0. The van der Waals surface area contributed by atoms with Crippen LogP contribution in [-0.2, 0) is 21.7 Å². The fourth-order valence-electron chi connectivity index (χ4n) is 5.14. The van der Waals surface area contributed by atoms with E-state index in [0.717, 1.165) is 0 Å². The predicted octanol–water partition coefficient (Wildman–Crippen LogP) is 6.67. The molecule has 0 amide bonds. The monoisotopic (exact) mass is 486 g/mol. The van der Waals surface area contributed by atoms with Gasteiger partial charge >= 0.3 is 21.7 Å². The summed E-state index contributed by atoms with van der Waals surface area (Å²) >= 11 is 0. The fraction of sp³-hybridized carbons (Fsp3) is 0.194. The predicted molar refractivity (Wildman–Crippen MR) is 147 cm³/mol. The second-order valence-corrected chi connectivity index (χ2v) is 12.7. The summed E-state index contributed by atoms with van der Waals surface area (Å²) in [4.78, 5) is 0. The van der Waals surface area contributed by atoms with E-state index in [9.17, 15) is 0 Å². The van der Waals surface area contributed by atoms with Gasteiger partial charge in [-0.3, -0.25) is 6.08 Å². The Balaban J connectivity index is 0.00000256. The van der Waals surface area contributed by atoms with Gasteiger partial charge in [0.15, 0.2) is 0 Å². The zero-order chi connectivity index (χ0) is 20.6. The van der Waals surface area contributed by atoms with Crippen molar-refractivity contribution in [3.05, 3.63) is 136 Å². The van der Waals surface area contributed by atoms with E-state index in [-0.39, 0.29) is 49.0 Å². The summed E-state index contributed by atoms with van der Waals surface area (Å²) in [6.07, 6.45) is 3.99. The Labute approximate surface area is 219 Å². The minimum atomic E-state index is -2.47. The molecule has 0 bridgehead atoms. The molecule has 1 atom stereocenters. The van der Waals surface area contributed by atoms with Crippen LogP contribution in [0.15, 0.2) is 102 Å². The van der Waals surface area contributed by atoms with Gasteiger partial charge in [-0.2, -0.15) is 11.1 Å². The Hall–Kier alpha value is -1.93. The van der Waals surface area contributed by atoms with Crippen LogP contribution in [0.25, 0.3) is 0 Å². The van der Waals surface area contributed by atoms with Gasteiger partial charge in [-0.1, -0.05) is 116 Å². The van der Waals surface area contributed by atoms with E-state index in [4.69, 9.17) is 0 Å². The molecule has 0 heterocycles. The summed E-state index contributed by atoms with van der Waals surface area (Å²) in [5.74, 6) is 0. The van der Waals surface area contributed by atoms with E-state index < -0.39 is 8.07 Å². The Morgan fingerprint density at radius 3 is 1.36 bits per heavy atom. The van der Waals surface area contributed by atoms with E-state index in [1.54, 1.807) is 0 Å². The summed E-state index contributed by atoms with van der Waals surface area (Å²) in [5, 5.41) is 4.16. The minimum Gasteiger partial charge on any atom is -0.358 e. The third-order valence-corrected chi connectivity index (χ3v) is 12.6. The molecule has 0 spiro atoms. The van der Waals surface area contributed by atoms with Gasteiger partial charge in [0, 0.05) is 0 Å². The largest absolute Gasteiger partial charge is 4.00 e. The first-order valence-electron chi connectivity index (χ1n) is 10.4. The molecule has 0 saturated heterocycles. The molecule has 33 heavy (non-hydrogen) atoms. The van der Waals surface area contributed by atoms with Crippen molar-refractivity contribution in [3.8, 4) is 0 Å². The van der Waals surface area contributed by atoms with Gasteiger partial charge < -0.3 is 22.3 Å². The number of rotatable bonds is 4. The zero-order valence-corrected chi connectivity index (χ0v) is 24.1. The van der Waals surface area contributed by atoms with Crippen molar-refractivity contribution in [1.82, 2.24) is 0 Å². The standard InChI is InChI=1S/C28H29Si.3CH3.Ti/c1-21-16-18-27(19-17-21)29(25-12-8-6-9-13-25,26-14-10-7-11-15-26)28(5)20-22(2)23(3)24(28)4;;;;/h6-19H,1-5H3;3*1H3;/q4*-1;+4. The molecular weight excluding hydrogens is 448 g/mol. The number of hydrogen-bond acceptors (Lipinski definition) is 0. The minimum absolute atomic E-state index is 0. The van der Waals surface area contributed by atoms with E-state index in [1.807, 2.05) is 0 Å². The second-order valence-electron chi connectivity index (χ2n) is 8.47. The van der Waals surface area contributed by atoms with Crippen molar-refractivity contribution in [2.45, 2.75) is 39.7 Å². The Morgan fingerprint density at radius 1 is 0.606 bits per heavy atom. The van der Waals surface area contributed by atoms with Crippen LogP contribution in [0.4, 0.5) is 0 Å². The van der Waals surface area contributed by atoms with Crippen molar-refractivity contribution in [3.63, 3.8) is 0 Å². The van der Waals surface area contributed by atoms with E-state index >= 15 is 0 Å². The smallest absolute Gasteiger partial charge is 0.358 e. The maximum atomic E-state index is 3.99. The molecular formula is C31H38SiTi. The van der Waals surface area contributed by atoms with Crippen molar-refractivity contribution in [1.29, 1.82) is 0 Å². The summed E-state index contributed by atoms with van der Waals surface area (Å²) in [6, 6.07) is 31.6. The topological polar surface area (TPSA) is 0 Å². The van der Waals surface area contributed by atoms with Crippen LogP contribution >= 0.6 is 0 Å². The number of aryl methyl sites for hydroxylation is 1. The molecule has 3 aromatic carbocycles. The van der Waals surface area contributed by atoms with Crippen LogP contribution in [0.1, 0.15) is 33.3 Å². The van der Waals surface area contributed by atoms with Gasteiger partial charge in [0.25, 0.3) is 0 Å². The van der Waals surface area contributed by atoms with Crippen LogP contribution < -0.4 is 15.6 Å². The first kappa shape index (κ1) is 31.1. The van der Waals surface area contributed by atoms with Gasteiger partial charge in [0.05, 0.1) is 0 Å². The first-order chi connectivity index (χ1) is 13.9. The molecule has 1 aliphatic rings. The summed E-state index contributed by atoms with van der Waals surface area (Å²) in [7, 11) is -2.47. The summed E-state index contributed by atoms with van der Waals surface area (Å²) in [6.45, 7) is 11.4. The van der Waals surface area contributed by atoms with Gasteiger partial charge in [-0.15, -0.1) is 6.92 Å². The molecule has 1 aliphatic carbocycles. The Kier molecular flexibility index (Phi) is 11.3. The summed E-state index contributed by atoms with van der Waals surface area (Å²) in [5.41, 5.74) is 5.44. The molecule has 0 aliphatic heterocycles. The van der Waals surface area contributed by atoms with Gasteiger partial charge in [0.1, 0.15) is 8.07 Å². The van der Waals surface area contributed by atoms with Gasteiger partial charge in [0.2, 0.25) is 0 Å². The van der Waals surface area contributed by atoms with Crippen LogP contribution in [0.2, 0.25) is 5.04 Å². The third kappa shape index (κ3) is 4.83. The van der Waals surface area contributed by atoms with E-state index in [1.165, 1.54) is 37.8 Å². The molecule has 1 unspecified atom stereocenters. The molecule has 0 fully saturated rings. The third-order valence-electron chi connectivity index (χ3n) is 6.96. The Bertz CT molecular complexity index is 1040. The molecule has 0 aromatic heterocycles. The van der Waals surface area contributed by atoms with Crippen molar-refractivity contribution < 1.29 is 21.7 Å². The molecule has 3 aromatic rings. The van der Waals surface area contributed by atoms with Gasteiger partial charge in [-0.25, -0.2) is 5.57 Å². The molecule has 0 nitrogen and oxygen atoms in total. The van der Waals surface area contributed by atoms with E-state index in [0.29, 0.717) is 0 Å². The fourth-order valence-corrected chi connectivity index (χ4v) is 11.0. The first-order valence-corrected chi connectivity index (χ1v) is 12.4. The maximum absolute atomic E-state index is 3.99. The summed E-state index contributed by atoms with van der Waals surface area (Å²) < 4.78 is 0. The average Bonchev–Trinajstić information content (AvgIpc) is 2.95. The molecule has 0 radical (unpaired) electrons. The Morgan fingerprint density at radius 2 is 1.00 bits per heavy atom. The number of benzene rings is 3. The zero-order valence-electron chi connectivity index (χ0n) is 21.6. The van der Waals surface area contributed by atoms with Crippen LogP contribution in [0.5, 0.6) is 0 Å². The number of hydrogen-bond donors (Lipinski definition) is 0. The van der Waals surface area contributed by atoms with Crippen molar-refractivity contribution in [2.24, 2.45) is 0 Å². The SMILES string of the molecule is CC1=[C-]C(C)([Si](c2ccccc2)(c2ccccc2)c2ccc(C)cc2)C(C)=C1C.[CH3-].[CH3-].[CH3-].[Ti+4]. The molecule has 2 heteroatoms. The van der Waals surface area contributed by atoms with Crippen LogP contribution in [0.3, 0.4) is 0 Å². The molecule has 0 saturated carbocycles. The van der Waals surface area contributed by atoms with Crippen molar-refractivity contribution in [2.75, 3.05) is 0 Å². The van der Waals surface area contributed by atoms with Crippen LogP contribution in [0, 0.1) is 35.3 Å². The van der Waals surface area contributed by atoms with Crippen LogP contribution in [-0.4, -0.2) is 8.07 Å². The molecule has 0 N–H and O–H groups in total. The number of allylic oxidation sites excluding steroid dienone is 4. The van der Waals surface area contributed by atoms with Crippen molar-refractivity contribution >= 4 is 23.6 Å². The van der Waals surface area contributed by atoms with Gasteiger partial charge in [-0.05, 0) is 22.5 Å². The normalized spacial score (nSPS) is 17.1. The van der Waals surface area contributed by atoms with E-state index in [2.05, 4.69) is 126 Å². The molecule has 4 rings (SSSR count). The average molecular weight is 487 g/mol. The quantitative estimate of drug-likeness (QED) is 0.219.